The van der Waals surface area contributed by atoms with Gasteiger partial charge in [0.25, 0.3) is 0 Å². The molecule has 0 aliphatic carbocycles. The van der Waals surface area contributed by atoms with Crippen molar-refractivity contribution >= 4 is 11.1 Å². The van der Waals surface area contributed by atoms with Crippen LogP contribution >= 0.6 is 0 Å². The van der Waals surface area contributed by atoms with E-state index in [1.54, 1.807) is 7.05 Å². The number of oxazole rings is 1. The maximum absolute atomic E-state index is 11.5. The molecule has 1 N–H and O–H groups in total. The van der Waals surface area contributed by atoms with Gasteiger partial charge >= 0.3 is 5.76 Å². The lowest BCUT2D eigenvalue weighted by Gasteiger charge is -2.30. The Kier molecular flexibility index (Phi) is 3.16. The van der Waals surface area contributed by atoms with Crippen LogP contribution in [0.4, 0.5) is 0 Å². The third-order valence-electron chi connectivity index (χ3n) is 3.80. The maximum Gasteiger partial charge on any atom is 0.419 e. The zero-order valence-corrected chi connectivity index (χ0v) is 11.3. The van der Waals surface area contributed by atoms with Crippen LogP contribution in [0, 0.1) is 0 Å². The number of nitrogens with zero attached hydrogens (tertiary/aromatic N) is 2. The summed E-state index contributed by atoms with van der Waals surface area (Å²) in [6.45, 7) is 3.18. The number of benzene rings is 1. The van der Waals surface area contributed by atoms with Crippen molar-refractivity contribution in [3.05, 3.63) is 34.3 Å². The van der Waals surface area contributed by atoms with E-state index in [0.717, 1.165) is 31.6 Å². The van der Waals surface area contributed by atoms with Gasteiger partial charge in [-0.3, -0.25) is 4.57 Å². The molecule has 0 spiro atoms. The summed E-state index contributed by atoms with van der Waals surface area (Å²) in [5, 5.41) is 3.52. The van der Waals surface area contributed by atoms with Crippen LogP contribution in [0.2, 0.25) is 0 Å². The molecule has 1 atom stereocenters. The van der Waals surface area contributed by atoms with Crippen molar-refractivity contribution in [1.82, 2.24) is 14.8 Å². The van der Waals surface area contributed by atoms with Gasteiger partial charge < -0.3 is 14.6 Å². The Bertz CT molecular complexity index is 644. The van der Waals surface area contributed by atoms with Gasteiger partial charge in [-0.2, -0.15) is 0 Å². The highest BCUT2D eigenvalue weighted by atomic mass is 16.4. The molecule has 19 heavy (non-hydrogen) atoms. The third kappa shape index (κ3) is 2.43. The summed E-state index contributed by atoms with van der Waals surface area (Å²) < 4.78 is 6.76. The highest BCUT2D eigenvalue weighted by molar-refractivity contribution is 5.73. The average molecular weight is 261 g/mol. The predicted molar refractivity (Wildman–Crippen MR) is 74.4 cm³/mol. The van der Waals surface area contributed by atoms with E-state index in [-0.39, 0.29) is 5.76 Å². The molecule has 2 heterocycles. The second kappa shape index (κ2) is 4.83. The Hall–Kier alpha value is -1.59. The van der Waals surface area contributed by atoms with Crippen LogP contribution in [0.15, 0.2) is 27.4 Å². The van der Waals surface area contributed by atoms with E-state index in [1.165, 1.54) is 10.1 Å². The highest BCUT2D eigenvalue weighted by Gasteiger charge is 2.17. The van der Waals surface area contributed by atoms with E-state index in [1.807, 2.05) is 12.1 Å². The van der Waals surface area contributed by atoms with Gasteiger partial charge in [0.2, 0.25) is 0 Å². The quantitative estimate of drug-likeness (QED) is 0.859. The molecule has 0 saturated carbocycles. The van der Waals surface area contributed by atoms with Crippen molar-refractivity contribution in [1.29, 1.82) is 0 Å². The SMILES string of the molecule is CN1CCNC(Cc2ccc3c(c2)oc(=O)n3C)C1. The minimum Gasteiger partial charge on any atom is -0.408 e. The van der Waals surface area contributed by atoms with Gasteiger partial charge in [0.1, 0.15) is 0 Å². The Labute approximate surface area is 111 Å². The van der Waals surface area contributed by atoms with Crippen LogP contribution in [-0.2, 0) is 13.5 Å². The first-order valence-corrected chi connectivity index (χ1v) is 6.64. The molecule has 1 aliphatic rings. The van der Waals surface area contributed by atoms with Crippen molar-refractivity contribution in [3.63, 3.8) is 0 Å². The molecule has 0 radical (unpaired) electrons. The number of fused-ring (bicyclic) bond motifs is 1. The molecule has 0 bridgehead atoms. The molecule has 1 aliphatic heterocycles. The smallest absolute Gasteiger partial charge is 0.408 e. The van der Waals surface area contributed by atoms with Gasteiger partial charge in [-0.25, -0.2) is 4.79 Å². The summed E-state index contributed by atoms with van der Waals surface area (Å²) in [4.78, 5) is 13.8. The Morgan fingerprint density at radius 1 is 1.42 bits per heavy atom. The van der Waals surface area contributed by atoms with E-state index in [2.05, 4.69) is 23.3 Å². The van der Waals surface area contributed by atoms with Crippen LogP contribution in [0.1, 0.15) is 5.56 Å². The van der Waals surface area contributed by atoms with Gasteiger partial charge in [0, 0.05) is 32.7 Å². The second-order valence-corrected chi connectivity index (χ2v) is 5.35. The second-order valence-electron chi connectivity index (χ2n) is 5.35. The van der Waals surface area contributed by atoms with Gasteiger partial charge in [0.05, 0.1) is 5.52 Å². The molecule has 1 aromatic carbocycles. The fourth-order valence-corrected chi connectivity index (χ4v) is 2.72. The normalized spacial score (nSPS) is 21.1. The van der Waals surface area contributed by atoms with Crippen molar-refractivity contribution in [3.8, 4) is 0 Å². The Morgan fingerprint density at radius 2 is 2.26 bits per heavy atom. The monoisotopic (exact) mass is 261 g/mol. The van der Waals surface area contributed by atoms with E-state index >= 15 is 0 Å². The summed E-state index contributed by atoms with van der Waals surface area (Å²) in [5.74, 6) is -0.303. The summed E-state index contributed by atoms with van der Waals surface area (Å²) in [7, 11) is 3.87. The number of likely N-dealkylation sites (N-methyl/N-ethyl adjacent to an activating group) is 1. The summed E-state index contributed by atoms with van der Waals surface area (Å²) in [5.41, 5.74) is 2.73. The minimum absolute atomic E-state index is 0.303. The van der Waals surface area contributed by atoms with Crippen molar-refractivity contribution in [2.75, 3.05) is 26.7 Å². The maximum atomic E-state index is 11.5. The fraction of sp³-hybridized carbons (Fsp3) is 0.500. The molecule has 1 unspecified atom stereocenters. The standard InChI is InChI=1S/C14H19N3O2/c1-16-6-5-15-11(9-16)7-10-3-4-12-13(8-10)19-14(18)17(12)2/h3-4,8,11,15H,5-7,9H2,1-2H3. The number of nitrogens with one attached hydrogen (secondary N) is 1. The van der Waals surface area contributed by atoms with Crippen LogP contribution in [-0.4, -0.2) is 42.2 Å². The van der Waals surface area contributed by atoms with Crippen LogP contribution < -0.4 is 11.1 Å². The first-order valence-electron chi connectivity index (χ1n) is 6.64. The highest BCUT2D eigenvalue weighted by Crippen LogP contribution is 2.16. The number of aromatic nitrogens is 1. The van der Waals surface area contributed by atoms with Crippen LogP contribution in [0.3, 0.4) is 0 Å². The first-order chi connectivity index (χ1) is 9.13. The minimum atomic E-state index is -0.303. The van der Waals surface area contributed by atoms with E-state index in [9.17, 15) is 4.79 Å². The molecular weight excluding hydrogens is 242 g/mol. The van der Waals surface area contributed by atoms with Crippen molar-refractivity contribution in [2.45, 2.75) is 12.5 Å². The number of piperazine rings is 1. The lowest BCUT2D eigenvalue weighted by molar-refractivity contribution is 0.238. The van der Waals surface area contributed by atoms with Crippen LogP contribution in [0.25, 0.3) is 11.1 Å². The molecule has 102 valence electrons. The zero-order valence-electron chi connectivity index (χ0n) is 11.3. The van der Waals surface area contributed by atoms with Crippen LogP contribution in [0.5, 0.6) is 0 Å². The molecule has 3 rings (SSSR count). The topological polar surface area (TPSA) is 50.4 Å². The van der Waals surface area contributed by atoms with Crippen molar-refractivity contribution < 1.29 is 4.42 Å². The Balaban J connectivity index is 1.83. The summed E-state index contributed by atoms with van der Waals surface area (Å²) in [6.07, 6.45) is 0.957. The van der Waals surface area contributed by atoms with Gasteiger partial charge in [-0.05, 0) is 31.2 Å². The number of rotatable bonds is 2. The Morgan fingerprint density at radius 3 is 3.05 bits per heavy atom. The molecule has 2 aromatic rings. The lowest BCUT2D eigenvalue weighted by Crippen LogP contribution is -2.49. The number of aryl methyl sites for hydroxylation is 1. The molecule has 0 amide bonds. The molecule has 1 aromatic heterocycles. The van der Waals surface area contributed by atoms with E-state index in [4.69, 9.17) is 4.42 Å². The molecule has 5 nitrogen and oxygen atoms in total. The van der Waals surface area contributed by atoms with Gasteiger partial charge in [0.15, 0.2) is 5.58 Å². The molecule has 5 heteroatoms. The first kappa shape index (κ1) is 12.4. The zero-order chi connectivity index (χ0) is 13.4. The molecule has 1 saturated heterocycles. The lowest BCUT2D eigenvalue weighted by atomic mass is 10.0. The number of hydrogen-bond donors (Lipinski definition) is 1. The van der Waals surface area contributed by atoms with E-state index < -0.39 is 0 Å². The fourth-order valence-electron chi connectivity index (χ4n) is 2.72. The average Bonchev–Trinajstić information content (AvgIpc) is 2.65. The predicted octanol–water partition coefficient (Wildman–Crippen LogP) is 0.578. The summed E-state index contributed by atoms with van der Waals surface area (Å²) in [6, 6.07) is 6.48. The molecular formula is C14H19N3O2. The largest absolute Gasteiger partial charge is 0.419 e. The number of hydrogen-bond acceptors (Lipinski definition) is 4. The van der Waals surface area contributed by atoms with Gasteiger partial charge in [-0.15, -0.1) is 0 Å². The van der Waals surface area contributed by atoms with Crippen molar-refractivity contribution in [2.24, 2.45) is 7.05 Å². The summed E-state index contributed by atoms with van der Waals surface area (Å²) >= 11 is 0. The van der Waals surface area contributed by atoms with E-state index in [0.29, 0.717) is 11.6 Å². The third-order valence-corrected chi connectivity index (χ3v) is 3.80. The molecule has 1 fully saturated rings. The van der Waals surface area contributed by atoms with Gasteiger partial charge in [-0.1, -0.05) is 6.07 Å².